The maximum atomic E-state index is 12.7. The van der Waals surface area contributed by atoms with Crippen LogP contribution in [0.5, 0.6) is 0 Å². The molecule has 150 valence electrons. The monoisotopic (exact) mass is 400 g/mol. The first kappa shape index (κ1) is 19.2. The van der Waals surface area contributed by atoms with Crippen molar-refractivity contribution in [3.8, 4) is 5.69 Å². The van der Waals surface area contributed by atoms with Gasteiger partial charge in [0.25, 0.3) is 11.8 Å². The summed E-state index contributed by atoms with van der Waals surface area (Å²) in [6, 6.07) is 19.4. The first-order valence-corrected chi connectivity index (χ1v) is 9.44. The van der Waals surface area contributed by atoms with E-state index >= 15 is 0 Å². The molecule has 0 unspecified atom stereocenters. The first-order valence-electron chi connectivity index (χ1n) is 9.44. The van der Waals surface area contributed by atoms with Gasteiger partial charge < -0.3 is 15.1 Å². The molecule has 0 aliphatic carbocycles. The summed E-state index contributed by atoms with van der Waals surface area (Å²) < 4.78 is 7.02. The van der Waals surface area contributed by atoms with Gasteiger partial charge in [0.05, 0.1) is 29.7 Å². The van der Waals surface area contributed by atoms with Gasteiger partial charge in [0.15, 0.2) is 0 Å². The standard InChI is InChI=1S/C23H20N4O3/c1-16-12-13-25-27(16)18-10-8-17(9-11-18)22(28)26-21-7-3-2-6-20(21)23(29)24-15-19-5-4-14-30-19/h2-14H,15H2,1H3,(H,24,29)(H,26,28). The van der Waals surface area contributed by atoms with Crippen LogP contribution in [0.1, 0.15) is 32.2 Å². The van der Waals surface area contributed by atoms with Crippen LogP contribution in [0.25, 0.3) is 5.69 Å². The molecule has 30 heavy (non-hydrogen) atoms. The van der Waals surface area contributed by atoms with Crippen molar-refractivity contribution in [2.75, 3.05) is 5.32 Å². The molecule has 0 aliphatic rings. The fourth-order valence-corrected chi connectivity index (χ4v) is 3.05. The van der Waals surface area contributed by atoms with Gasteiger partial charge in [0.1, 0.15) is 5.76 Å². The molecule has 4 rings (SSSR count). The van der Waals surface area contributed by atoms with Gasteiger partial charge in [-0.25, -0.2) is 4.68 Å². The van der Waals surface area contributed by atoms with Crippen molar-refractivity contribution < 1.29 is 14.0 Å². The quantitative estimate of drug-likeness (QED) is 0.513. The number of furan rings is 1. The minimum absolute atomic E-state index is 0.266. The number of hydrogen-bond acceptors (Lipinski definition) is 4. The van der Waals surface area contributed by atoms with Gasteiger partial charge in [-0.3, -0.25) is 9.59 Å². The van der Waals surface area contributed by atoms with Crippen molar-refractivity contribution in [3.05, 3.63) is 102 Å². The highest BCUT2D eigenvalue weighted by molar-refractivity contribution is 6.09. The van der Waals surface area contributed by atoms with Crippen molar-refractivity contribution in [2.45, 2.75) is 13.5 Å². The lowest BCUT2D eigenvalue weighted by molar-refractivity contribution is 0.0949. The number of carbonyl (C=O) groups excluding carboxylic acids is 2. The summed E-state index contributed by atoms with van der Waals surface area (Å²) in [5.41, 5.74) is 3.16. The summed E-state index contributed by atoms with van der Waals surface area (Å²) in [4.78, 5) is 25.3. The summed E-state index contributed by atoms with van der Waals surface area (Å²) in [7, 11) is 0. The number of hydrogen-bond donors (Lipinski definition) is 2. The number of para-hydroxylation sites is 1. The second-order valence-electron chi connectivity index (χ2n) is 6.69. The van der Waals surface area contributed by atoms with Crippen LogP contribution in [0.4, 0.5) is 5.69 Å². The summed E-state index contributed by atoms with van der Waals surface area (Å²) in [5.74, 6) is 0.0502. The Morgan fingerprint density at radius 2 is 1.77 bits per heavy atom. The lowest BCUT2D eigenvalue weighted by atomic mass is 10.1. The number of aryl methyl sites for hydroxylation is 1. The average Bonchev–Trinajstić information content (AvgIpc) is 3.44. The maximum Gasteiger partial charge on any atom is 0.255 e. The number of nitrogens with zero attached hydrogens (tertiary/aromatic N) is 2. The molecule has 2 aromatic carbocycles. The summed E-state index contributed by atoms with van der Waals surface area (Å²) in [5, 5.41) is 9.87. The second-order valence-corrected chi connectivity index (χ2v) is 6.69. The normalized spacial score (nSPS) is 10.6. The summed E-state index contributed by atoms with van der Waals surface area (Å²) >= 11 is 0. The van der Waals surface area contributed by atoms with Crippen molar-refractivity contribution >= 4 is 17.5 Å². The predicted octanol–water partition coefficient (Wildman–Crippen LogP) is 3.96. The summed E-state index contributed by atoms with van der Waals surface area (Å²) in [6.45, 7) is 2.23. The third-order valence-corrected chi connectivity index (χ3v) is 4.63. The Balaban J connectivity index is 1.47. The molecular formula is C23H20N4O3. The van der Waals surface area contributed by atoms with Gasteiger partial charge in [-0.1, -0.05) is 12.1 Å². The van der Waals surface area contributed by atoms with Crippen molar-refractivity contribution in [1.82, 2.24) is 15.1 Å². The lowest BCUT2D eigenvalue weighted by Gasteiger charge is -2.11. The predicted molar refractivity (Wildman–Crippen MR) is 113 cm³/mol. The number of benzene rings is 2. The third-order valence-electron chi connectivity index (χ3n) is 4.63. The van der Waals surface area contributed by atoms with Crippen molar-refractivity contribution in [2.24, 2.45) is 0 Å². The van der Waals surface area contributed by atoms with E-state index in [9.17, 15) is 9.59 Å². The molecule has 4 aromatic rings. The fourth-order valence-electron chi connectivity index (χ4n) is 3.05. The van der Waals surface area contributed by atoms with Crippen LogP contribution < -0.4 is 10.6 Å². The van der Waals surface area contributed by atoms with Gasteiger partial charge >= 0.3 is 0 Å². The van der Waals surface area contributed by atoms with E-state index < -0.39 is 0 Å². The van der Waals surface area contributed by atoms with Gasteiger partial charge in [-0.15, -0.1) is 0 Å². The molecule has 2 amide bonds. The highest BCUT2D eigenvalue weighted by atomic mass is 16.3. The van der Waals surface area contributed by atoms with Crippen molar-refractivity contribution in [1.29, 1.82) is 0 Å². The van der Waals surface area contributed by atoms with Gasteiger partial charge in [0.2, 0.25) is 0 Å². The SMILES string of the molecule is Cc1ccnn1-c1ccc(C(=O)Nc2ccccc2C(=O)NCc2ccco2)cc1. The molecule has 2 heterocycles. The zero-order valence-electron chi connectivity index (χ0n) is 16.3. The van der Waals surface area contributed by atoms with Gasteiger partial charge in [-0.2, -0.15) is 5.10 Å². The van der Waals surface area contributed by atoms with Crippen LogP contribution >= 0.6 is 0 Å². The Labute approximate surface area is 173 Å². The molecule has 0 bridgehead atoms. The molecule has 7 nitrogen and oxygen atoms in total. The number of carbonyl (C=O) groups is 2. The Kier molecular flexibility index (Phi) is 5.43. The molecule has 0 atom stereocenters. The van der Waals surface area contributed by atoms with Crippen LogP contribution in [-0.2, 0) is 6.54 Å². The third kappa shape index (κ3) is 4.15. The van der Waals surface area contributed by atoms with E-state index in [2.05, 4.69) is 15.7 Å². The highest BCUT2D eigenvalue weighted by Crippen LogP contribution is 2.18. The van der Waals surface area contributed by atoms with E-state index in [4.69, 9.17) is 4.42 Å². The van der Waals surface area contributed by atoms with Crippen LogP contribution in [0.2, 0.25) is 0 Å². The second kappa shape index (κ2) is 8.48. The van der Waals surface area contributed by atoms with E-state index in [-0.39, 0.29) is 18.4 Å². The Hall–Kier alpha value is -4.13. The number of amides is 2. The van der Waals surface area contributed by atoms with E-state index in [1.165, 1.54) is 0 Å². The molecule has 0 fully saturated rings. The molecule has 0 spiro atoms. The van der Waals surface area contributed by atoms with E-state index in [1.807, 2.05) is 25.1 Å². The molecule has 2 aromatic heterocycles. The first-order chi connectivity index (χ1) is 14.6. The zero-order valence-corrected chi connectivity index (χ0v) is 16.3. The Morgan fingerprint density at radius 1 is 0.967 bits per heavy atom. The van der Waals surface area contributed by atoms with E-state index in [0.717, 1.165) is 11.4 Å². The maximum absolute atomic E-state index is 12.7. The number of aromatic nitrogens is 2. The van der Waals surface area contributed by atoms with Crippen molar-refractivity contribution in [3.63, 3.8) is 0 Å². The molecule has 2 N–H and O–H groups in total. The molecule has 0 saturated carbocycles. The molecule has 0 aliphatic heterocycles. The Morgan fingerprint density at radius 3 is 2.47 bits per heavy atom. The fraction of sp³-hybridized carbons (Fsp3) is 0.0870. The average molecular weight is 400 g/mol. The minimum Gasteiger partial charge on any atom is -0.467 e. The largest absolute Gasteiger partial charge is 0.467 e. The smallest absolute Gasteiger partial charge is 0.255 e. The highest BCUT2D eigenvalue weighted by Gasteiger charge is 2.14. The number of nitrogens with one attached hydrogen (secondary N) is 2. The van der Waals surface area contributed by atoms with E-state index in [0.29, 0.717) is 22.6 Å². The number of anilines is 1. The van der Waals surface area contributed by atoms with Crippen LogP contribution in [-0.4, -0.2) is 21.6 Å². The van der Waals surface area contributed by atoms with Gasteiger partial charge in [0, 0.05) is 17.5 Å². The zero-order chi connectivity index (χ0) is 20.9. The topological polar surface area (TPSA) is 89.2 Å². The van der Waals surface area contributed by atoms with Gasteiger partial charge in [-0.05, 0) is 61.5 Å². The summed E-state index contributed by atoms with van der Waals surface area (Å²) in [6.07, 6.45) is 3.28. The minimum atomic E-state index is -0.301. The van der Waals surface area contributed by atoms with Crippen LogP contribution in [0, 0.1) is 6.92 Å². The molecule has 0 saturated heterocycles. The number of rotatable bonds is 6. The molecule has 7 heteroatoms. The van der Waals surface area contributed by atoms with Crippen LogP contribution in [0.3, 0.4) is 0 Å². The van der Waals surface area contributed by atoms with E-state index in [1.54, 1.807) is 65.7 Å². The molecular weight excluding hydrogens is 380 g/mol. The Bertz CT molecular complexity index is 1160. The molecule has 0 radical (unpaired) electrons. The van der Waals surface area contributed by atoms with Crippen LogP contribution in [0.15, 0.2) is 83.6 Å². The lowest BCUT2D eigenvalue weighted by Crippen LogP contribution is -2.24.